The number of carbonyl (C=O) groups excluding carboxylic acids is 1. The fourth-order valence-electron chi connectivity index (χ4n) is 5.68. The highest BCUT2D eigenvalue weighted by Crippen LogP contribution is 2.52. The number of nitrogens with zero attached hydrogens (tertiary/aromatic N) is 3. The number of allylic oxidation sites excluding steroid dienone is 1. The predicted octanol–water partition coefficient (Wildman–Crippen LogP) is 6.32. The second-order valence-electron chi connectivity index (χ2n) is 9.97. The van der Waals surface area contributed by atoms with Crippen molar-refractivity contribution in [3.63, 3.8) is 0 Å². The van der Waals surface area contributed by atoms with Crippen LogP contribution in [0.4, 0.5) is 17.6 Å². The highest BCUT2D eigenvalue weighted by atomic mass is 32.2. The molecule has 0 aliphatic heterocycles. The van der Waals surface area contributed by atoms with Gasteiger partial charge in [-0.1, -0.05) is 5.57 Å². The zero-order valence-corrected chi connectivity index (χ0v) is 22.4. The summed E-state index contributed by atoms with van der Waals surface area (Å²) in [5, 5.41) is 5.41. The molecule has 2 aromatic carbocycles. The van der Waals surface area contributed by atoms with Crippen LogP contribution in [0.15, 0.2) is 76.8 Å². The quantitative estimate of drug-likeness (QED) is 0.202. The number of hydrogen-bond donors (Lipinski definition) is 0. The van der Waals surface area contributed by atoms with Gasteiger partial charge >= 0.3 is 6.18 Å². The van der Waals surface area contributed by atoms with Crippen molar-refractivity contribution in [2.75, 3.05) is 0 Å². The second kappa shape index (κ2) is 9.48. The minimum Gasteiger partial charge on any atom is -0.290 e. The van der Waals surface area contributed by atoms with Gasteiger partial charge in [0.15, 0.2) is 14.8 Å². The maximum atomic E-state index is 14.0. The minimum atomic E-state index is -4.59. The van der Waals surface area contributed by atoms with E-state index in [2.05, 4.69) is 10.1 Å². The molecule has 2 aliphatic carbocycles. The van der Waals surface area contributed by atoms with E-state index < -0.39 is 32.2 Å². The Kier molecular flexibility index (Phi) is 6.30. The molecular weight excluding hydrogens is 566 g/mol. The van der Waals surface area contributed by atoms with Crippen molar-refractivity contribution < 1.29 is 30.8 Å². The average molecular weight is 588 g/mol. The predicted molar refractivity (Wildman–Crippen MR) is 140 cm³/mol. The van der Waals surface area contributed by atoms with Gasteiger partial charge in [-0.05, 0) is 85.9 Å². The summed E-state index contributed by atoms with van der Waals surface area (Å²) in [6.45, 7) is 0. The van der Waals surface area contributed by atoms with Crippen LogP contribution in [-0.4, -0.2) is 34.2 Å². The van der Waals surface area contributed by atoms with Gasteiger partial charge < -0.3 is 0 Å². The van der Waals surface area contributed by atoms with Crippen LogP contribution in [0.5, 0.6) is 0 Å². The summed E-state index contributed by atoms with van der Waals surface area (Å²) in [6.07, 6.45) is 1.04. The molecule has 6 rings (SSSR count). The number of Topliss-reactive ketones (excluding diaryl/α,β-unsaturated/α-hetero) is 1. The van der Waals surface area contributed by atoms with Gasteiger partial charge in [0.25, 0.3) is 0 Å². The number of sulfone groups is 1. The van der Waals surface area contributed by atoms with Crippen LogP contribution in [0.2, 0.25) is 0 Å². The SMILES string of the molecule is O=C(c1nccs1)[C@]12Cc3cnn(-c4ccc(F)cc4)c3C=C1CC[C@@H](S(=O)(=O)c1ccc(C(F)(F)F)cc1)C2. The molecule has 1 saturated carbocycles. The molecule has 1 fully saturated rings. The van der Waals surface area contributed by atoms with Gasteiger partial charge in [0.1, 0.15) is 5.82 Å². The van der Waals surface area contributed by atoms with E-state index in [9.17, 15) is 30.8 Å². The lowest BCUT2D eigenvalue weighted by atomic mass is 9.62. The first-order valence-corrected chi connectivity index (χ1v) is 14.8. The Morgan fingerprint density at radius 1 is 1.07 bits per heavy atom. The molecule has 12 heteroatoms. The number of halogens is 4. The van der Waals surface area contributed by atoms with E-state index in [4.69, 9.17) is 0 Å². The summed E-state index contributed by atoms with van der Waals surface area (Å²) in [7, 11) is -4.05. The first kappa shape index (κ1) is 26.6. The Labute approximate surface area is 230 Å². The van der Waals surface area contributed by atoms with E-state index in [1.807, 2.05) is 6.08 Å². The number of aromatic nitrogens is 3. The molecule has 0 spiro atoms. The Bertz CT molecular complexity index is 1730. The first-order chi connectivity index (χ1) is 19.0. The zero-order chi connectivity index (χ0) is 28.3. The molecule has 2 heterocycles. The molecule has 0 unspecified atom stereocenters. The standard InChI is InChI=1S/C28H21F4N3O3S2/c29-20-4-6-21(7-5-20)35-24-13-19-3-10-23(40(37,38)22-8-1-18(2-9-22)28(30,31)32)15-27(19,14-17(24)16-34-35)25(36)26-33-11-12-39-26/h1-2,4-9,11-13,16,23H,3,10,14-15H2/t23-,27+/m1/s1. The monoisotopic (exact) mass is 587 g/mol. The van der Waals surface area contributed by atoms with E-state index in [0.717, 1.165) is 41.1 Å². The fourth-order valence-corrected chi connectivity index (χ4v) is 8.19. The molecule has 2 aliphatic rings. The maximum Gasteiger partial charge on any atom is 0.416 e. The second-order valence-corrected chi connectivity index (χ2v) is 13.1. The lowest BCUT2D eigenvalue weighted by Gasteiger charge is -2.43. The van der Waals surface area contributed by atoms with Gasteiger partial charge in [-0.15, -0.1) is 11.3 Å². The number of fused-ring (bicyclic) bond motifs is 2. The number of rotatable bonds is 5. The number of benzene rings is 2. The Morgan fingerprint density at radius 3 is 2.45 bits per heavy atom. The molecule has 0 saturated heterocycles. The van der Waals surface area contributed by atoms with E-state index in [1.54, 1.807) is 28.4 Å². The van der Waals surface area contributed by atoms with Gasteiger partial charge in [-0.3, -0.25) is 4.79 Å². The van der Waals surface area contributed by atoms with Crippen LogP contribution >= 0.6 is 11.3 Å². The summed E-state index contributed by atoms with van der Waals surface area (Å²) in [5.41, 5.74) is 0.705. The molecule has 0 amide bonds. The molecular formula is C28H21F4N3O3S2. The summed E-state index contributed by atoms with van der Waals surface area (Å²) >= 11 is 1.17. The van der Waals surface area contributed by atoms with Crippen molar-refractivity contribution in [2.24, 2.45) is 5.41 Å². The van der Waals surface area contributed by atoms with Gasteiger partial charge in [0.05, 0.1) is 38.7 Å². The molecule has 206 valence electrons. The van der Waals surface area contributed by atoms with Crippen LogP contribution in [0.1, 0.15) is 45.9 Å². The molecule has 2 aromatic heterocycles. The van der Waals surface area contributed by atoms with Crippen molar-refractivity contribution in [3.8, 4) is 5.69 Å². The van der Waals surface area contributed by atoms with E-state index >= 15 is 0 Å². The number of alkyl halides is 3. The first-order valence-electron chi connectivity index (χ1n) is 12.4. The van der Waals surface area contributed by atoms with Gasteiger partial charge in [-0.25, -0.2) is 22.5 Å². The van der Waals surface area contributed by atoms with Crippen LogP contribution in [-0.2, 0) is 22.4 Å². The third kappa shape index (κ3) is 4.39. The zero-order valence-electron chi connectivity index (χ0n) is 20.7. The smallest absolute Gasteiger partial charge is 0.290 e. The largest absolute Gasteiger partial charge is 0.416 e. The van der Waals surface area contributed by atoms with Crippen LogP contribution in [0.25, 0.3) is 11.8 Å². The van der Waals surface area contributed by atoms with Crippen molar-refractivity contribution in [1.29, 1.82) is 0 Å². The molecule has 6 nitrogen and oxygen atoms in total. The van der Waals surface area contributed by atoms with Crippen LogP contribution in [0, 0.1) is 11.2 Å². The summed E-state index contributed by atoms with van der Waals surface area (Å²) in [5.74, 6) is -0.676. The van der Waals surface area contributed by atoms with Gasteiger partial charge in [-0.2, -0.15) is 18.3 Å². The molecule has 2 atom stereocenters. The number of carbonyl (C=O) groups is 1. The normalized spacial score (nSPS) is 20.9. The molecule has 40 heavy (non-hydrogen) atoms. The highest BCUT2D eigenvalue weighted by molar-refractivity contribution is 7.92. The minimum absolute atomic E-state index is 0.0399. The topological polar surface area (TPSA) is 81.9 Å². The molecule has 0 bridgehead atoms. The fraction of sp³-hybridized carbons (Fsp3) is 0.250. The third-order valence-corrected chi connectivity index (χ3v) is 10.7. The number of ketones is 1. The van der Waals surface area contributed by atoms with Gasteiger partial charge in [0.2, 0.25) is 5.78 Å². The van der Waals surface area contributed by atoms with Gasteiger partial charge in [0, 0.05) is 11.6 Å². The molecule has 4 aromatic rings. The maximum absolute atomic E-state index is 14.0. The van der Waals surface area contributed by atoms with Crippen molar-refractivity contribution in [2.45, 2.75) is 42.0 Å². The van der Waals surface area contributed by atoms with Crippen molar-refractivity contribution in [3.05, 3.63) is 99.5 Å². The van der Waals surface area contributed by atoms with Crippen LogP contribution in [0.3, 0.4) is 0 Å². The highest BCUT2D eigenvalue weighted by Gasteiger charge is 2.52. The number of thiazole rings is 1. The Morgan fingerprint density at radius 2 is 1.80 bits per heavy atom. The average Bonchev–Trinajstić information content (AvgIpc) is 3.61. The van der Waals surface area contributed by atoms with E-state index in [1.165, 1.54) is 29.7 Å². The van der Waals surface area contributed by atoms with Crippen LogP contribution < -0.4 is 0 Å². The lowest BCUT2D eigenvalue weighted by molar-refractivity contribution is -0.137. The molecule has 0 N–H and O–H groups in total. The third-order valence-electron chi connectivity index (χ3n) is 7.70. The Hall–Kier alpha value is -3.64. The number of hydrogen-bond acceptors (Lipinski definition) is 6. The summed E-state index contributed by atoms with van der Waals surface area (Å²) in [4.78, 5) is 18.0. The summed E-state index contributed by atoms with van der Waals surface area (Å²) < 4.78 is 81.7. The Balaban J connectivity index is 1.40. The molecule has 0 radical (unpaired) electrons. The van der Waals surface area contributed by atoms with E-state index in [0.29, 0.717) is 5.69 Å². The van der Waals surface area contributed by atoms with Crippen molar-refractivity contribution >= 4 is 33.0 Å². The van der Waals surface area contributed by atoms with E-state index in [-0.39, 0.29) is 47.2 Å². The van der Waals surface area contributed by atoms with Crippen molar-refractivity contribution in [1.82, 2.24) is 14.8 Å². The lowest BCUT2D eigenvalue weighted by Crippen LogP contribution is -2.45. The summed E-state index contributed by atoms with van der Waals surface area (Å²) in [6, 6.07) is 9.31.